The van der Waals surface area contributed by atoms with Crippen molar-refractivity contribution in [3.05, 3.63) is 17.3 Å². The molecule has 1 amide bonds. The zero-order valence-corrected chi connectivity index (χ0v) is 12.8. The van der Waals surface area contributed by atoms with Gasteiger partial charge in [0.2, 0.25) is 5.88 Å². The topological polar surface area (TPSA) is 86.5 Å². The number of amides is 1. The molecular formula is C13H20ClN3O3. The van der Waals surface area contributed by atoms with Crippen molar-refractivity contribution in [2.24, 2.45) is 0 Å². The third kappa shape index (κ3) is 5.97. The van der Waals surface area contributed by atoms with E-state index < -0.39 is 11.7 Å². The first kappa shape index (κ1) is 16.4. The van der Waals surface area contributed by atoms with Gasteiger partial charge in [-0.1, -0.05) is 11.6 Å². The molecule has 20 heavy (non-hydrogen) atoms. The summed E-state index contributed by atoms with van der Waals surface area (Å²) in [5, 5.41) is 3.10. The molecule has 3 N–H and O–H groups in total. The molecule has 0 spiro atoms. The summed E-state index contributed by atoms with van der Waals surface area (Å²) >= 11 is 5.74. The van der Waals surface area contributed by atoms with Crippen molar-refractivity contribution in [2.75, 3.05) is 12.3 Å². The Balaban J connectivity index is 2.43. The highest BCUT2D eigenvalue weighted by Gasteiger charge is 2.18. The maximum absolute atomic E-state index is 11.5. The zero-order chi connectivity index (χ0) is 15.3. The molecule has 7 heteroatoms. The Morgan fingerprint density at radius 1 is 1.55 bits per heavy atom. The van der Waals surface area contributed by atoms with Crippen LogP contribution in [-0.4, -0.2) is 29.3 Å². The summed E-state index contributed by atoms with van der Waals surface area (Å²) in [6.07, 6.45) is 0.949. The zero-order valence-electron chi connectivity index (χ0n) is 12.1. The molecule has 1 aromatic rings. The number of halogens is 1. The molecule has 0 aliphatic heterocycles. The number of hydrogen-bond acceptors (Lipinski definition) is 5. The van der Waals surface area contributed by atoms with Crippen LogP contribution in [0.1, 0.15) is 27.7 Å². The van der Waals surface area contributed by atoms with Crippen molar-refractivity contribution in [1.82, 2.24) is 10.3 Å². The van der Waals surface area contributed by atoms with Gasteiger partial charge in [0.05, 0.1) is 16.8 Å². The normalized spacial score (nSPS) is 12.7. The third-order valence-corrected chi connectivity index (χ3v) is 2.29. The molecule has 0 bridgehead atoms. The lowest BCUT2D eigenvalue weighted by molar-refractivity contribution is 0.0493. The van der Waals surface area contributed by atoms with Gasteiger partial charge >= 0.3 is 6.09 Å². The number of aromatic nitrogens is 1. The van der Waals surface area contributed by atoms with Crippen molar-refractivity contribution in [2.45, 2.75) is 39.3 Å². The van der Waals surface area contributed by atoms with E-state index in [1.807, 2.05) is 0 Å². The van der Waals surface area contributed by atoms with Crippen LogP contribution in [0.2, 0.25) is 5.02 Å². The van der Waals surface area contributed by atoms with Gasteiger partial charge in [0.1, 0.15) is 12.2 Å². The SMILES string of the molecule is CC(COc1ncc(Cl)cc1N)NC(=O)OC(C)(C)C. The third-order valence-electron chi connectivity index (χ3n) is 2.08. The second-order valence-electron chi connectivity index (χ2n) is 5.41. The molecule has 0 radical (unpaired) electrons. The summed E-state index contributed by atoms with van der Waals surface area (Å²) in [5.41, 5.74) is 5.52. The molecule has 0 saturated heterocycles. The number of nitrogens with one attached hydrogen (secondary N) is 1. The standard InChI is InChI=1S/C13H20ClN3O3/c1-8(17-12(18)20-13(2,3)4)7-19-11-10(15)5-9(14)6-16-11/h5-6,8H,7,15H2,1-4H3,(H,17,18). The minimum atomic E-state index is -0.535. The molecule has 1 rings (SSSR count). The maximum Gasteiger partial charge on any atom is 0.407 e. The van der Waals surface area contributed by atoms with E-state index in [1.54, 1.807) is 33.8 Å². The van der Waals surface area contributed by atoms with Crippen molar-refractivity contribution >= 4 is 23.4 Å². The monoisotopic (exact) mass is 301 g/mol. The number of alkyl carbamates (subject to hydrolysis) is 1. The van der Waals surface area contributed by atoms with E-state index in [0.717, 1.165) is 0 Å². The number of nitrogens with zero attached hydrogens (tertiary/aromatic N) is 1. The predicted molar refractivity (Wildman–Crippen MR) is 78.0 cm³/mol. The second kappa shape index (κ2) is 6.65. The van der Waals surface area contributed by atoms with E-state index in [4.69, 9.17) is 26.8 Å². The highest BCUT2D eigenvalue weighted by Crippen LogP contribution is 2.21. The van der Waals surface area contributed by atoms with Gasteiger partial charge in [-0.15, -0.1) is 0 Å². The number of nitrogens with two attached hydrogens (primary N) is 1. The van der Waals surface area contributed by atoms with Crippen LogP contribution in [0, 0.1) is 0 Å². The highest BCUT2D eigenvalue weighted by atomic mass is 35.5. The molecule has 6 nitrogen and oxygen atoms in total. The van der Waals surface area contributed by atoms with Gasteiger partial charge < -0.3 is 20.5 Å². The number of rotatable bonds is 4. The lowest BCUT2D eigenvalue weighted by Crippen LogP contribution is -2.40. The summed E-state index contributed by atoms with van der Waals surface area (Å²) in [4.78, 5) is 15.5. The molecule has 112 valence electrons. The van der Waals surface area contributed by atoms with Crippen molar-refractivity contribution in [3.63, 3.8) is 0 Å². The first-order valence-corrected chi connectivity index (χ1v) is 6.58. The number of anilines is 1. The Kier molecular flexibility index (Phi) is 5.44. The molecule has 1 atom stereocenters. The van der Waals surface area contributed by atoms with Gasteiger partial charge in [0.15, 0.2) is 0 Å². The molecule has 0 fully saturated rings. The quantitative estimate of drug-likeness (QED) is 0.892. The van der Waals surface area contributed by atoms with E-state index in [0.29, 0.717) is 10.7 Å². The number of ether oxygens (including phenoxy) is 2. The van der Waals surface area contributed by atoms with Crippen LogP contribution in [0.5, 0.6) is 5.88 Å². The van der Waals surface area contributed by atoms with Gasteiger partial charge in [-0.2, -0.15) is 0 Å². The average molecular weight is 302 g/mol. The minimum Gasteiger partial charge on any atom is -0.474 e. The van der Waals surface area contributed by atoms with Crippen LogP contribution in [0.15, 0.2) is 12.3 Å². The van der Waals surface area contributed by atoms with Crippen LogP contribution in [-0.2, 0) is 4.74 Å². The summed E-state index contributed by atoms with van der Waals surface area (Å²) in [7, 11) is 0. The Hall–Kier alpha value is -1.69. The van der Waals surface area contributed by atoms with E-state index in [-0.39, 0.29) is 18.5 Å². The number of carbonyl (C=O) groups is 1. The fourth-order valence-corrected chi connectivity index (χ4v) is 1.48. The number of carbonyl (C=O) groups excluding carboxylic acids is 1. The van der Waals surface area contributed by atoms with Crippen LogP contribution >= 0.6 is 11.6 Å². The molecule has 0 aliphatic rings. The van der Waals surface area contributed by atoms with E-state index in [1.165, 1.54) is 6.20 Å². The predicted octanol–water partition coefficient (Wildman–Crippen LogP) is 2.61. The molecule has 1 unspecified atom stereocenters. The first-order valence-electron chi connectivity index (χ1n) is 6.20. The lowest BCUT2D eigenvalue weighted by Gasteiger charge is -2.22. The smallest absolute Gasteiger partial charge is 0.407 e. The molecule has 1 heterocycles. The van der Waals surface area contributed by atoms with Crippen LogP contribution in [0.3, 0.4) is 0 Å². The second-order valence-corrected chi connectivity index (χ2v) is 5.84. The Bertz CT molecular complexity index is 474. The van der Waals surface area contributed by atoms with Gasteiger partial charge in [-0.3, -0.25) is 0 Å². The average Bonchev–Trinajstić information content (AvgIpc) is 2.24. The maximum atomic E-state index is 11.5. The van der Waals surface area contributed by atoms with Crippen molar-refractivity contribution in [3.8, 4) is 5.88 Å². The first-order chi connectivity index (χ1) is 9.17. The Morgan fingerprint density at radius 2 is 2.20 bits per heavy atom. The fraction of sp³-hybridized carbons (Fsp3) is 0.538. The molecule has 0 aromatic carbocycles. The summed E-state index contributed by atoms with van der Waals surface area (Å²) in [6, 6.07) is 1.30. The van der Waals surface area contributed by atoms with Crippen LogP contribution < -0.4 is 15.8 Å². The Labute approximate surface area is 123 Å². The largest absolute Gasteiger partial charge is 0.474 e. The summed E-state index contributed by atoms with van der Waals surface area (Å²) in [5.74, 6) is 0.284. The van der Waals surface area contributed by atoms with Crippen LogP contribution in [0.4, 0.5) is 10.5 Å². The summed E-state index contributed by atoms with van der Waals surface area (Å²) in [6.45, 7) is 7.40. The van der Waals surface area contributed by atoms with E-state index in [2.05, 4.69) is 10.3 Å². The van der Waals surface area contributed by atoms with Crippen molar-refractivity contribution in [1.29, 1.82) is 0 Å². The van der Waals surface area contributed by atoms with E-state index in [9.17, 15) is 4.79 Å². The number of pyridine rings is 1. The molecule has 0 aliphatic carbocycles. The highest BCUT2D eigenvalue weighted by molar-refractivity contribution is 6.30. The Morgan fingerprint density at radius 3 is 2.75 bits per heavy atom. The number of hydrogen-bond donors (Lipinski definition) is 2. The van der Waals surface area contributed by atoms with E-state index >= 15 is 0 Å². The van der Waals surface area contributed by atoms with Gasteiger partial charge in [-0.25, -0.2) is 9.78 Å². The fourth-order valence-electron chi connectivity index (χ4n) is 1.32. The summed E-state index contributed by atoms with van der Waals surface area (Å²) < 4.78 is 10.6. The molecule has 1 aromatic heterocycles. The number of nitrogen functional groups attached to an aromatic ring is 1. The molecule has 0 saturated carbocycles. The van der Waals surface area contributed by atoms with Gasteiger partial charge in [0.25, 0.3) is 0 Å². The van der Waals surface area contributed by atoms with Crippen molar-refractivity contribution < 1.29 is 14.3 Å². The van der Waals surface area contributed by atoms with Gasteiger partial charge in [-0.05, 0) is 33.8 Å². The molecular weight excluding hydrogens is 282 g/mol. The van der Waals surface area contributed by atoms with Gasteiger partial charge in [0, 0.05) is 6.20 Å². The van der Waals surface area contributed by atoms with Crippen LogP contribution in [0.25, 0.3) is 0 Å². The lowest BCUT2D eigenvalue weighted by atomic mass is 10.2. The minimum absolute atomic E-state index is 0.220.